The topological polar surface area (TPSA) is 83.8 Å². The van der Waals surface area contributed by atoms with Crippen LogP contribution in [0.5, 0.6) is 11.5 Å². The number of cyclic esters (lactones) is 1. The van der Waals surface area contributed by atoms with Crippen LogP contribution < -0.4 is 0 Å². The number of ether oxygens (including phenoxy) is 1. The minimum atomic E-state index is -0.493. The summed E-state index contributed by atoms with van der Waals surface area (Å²) in [7, 11) is 0. The lowest BCUT2D eigenvalue weighted by molar-refractivity contribution is -0.136. The third-order valence-corrected chi connectivity index (χ3v) is 6.25. The molecule has 1 aliphatic heterocycles. The molecule has 2 aliphatic carbocycles. The van der Waals surface area contributed by atoms with Crippen molar-refractivity contribution in [1.29, 1.82) is 0 Å². The lowest BCUT2D eigenvalue weighted by Gasteiger charge is -2.46. The smallest absolute Gasteiger partial charge is 0.334 e. The number of fused-ring (bicyclic) bond motifs is 4. The first-order valence-corrected chi connectivity index (χ1v) is 8.77. The third kappa shape index (κ3) is 2.01. The first-order valence-electron chi connectivity index (χ1n) is 8.77. The fraction of sp³-hybridized carbons (Fsp3) is 0.500. The average Bonchev–Trinajstić information content (AvgIpc) is 2.92. The highest BCUT2D eigenvalue weighted by Gasteiger charge is 2.52. The molecule has 1 aromatic carbocycles. The van der Waals surface area contributed by atoms with E-state index in [1.165, 1.54) is 0 Å². The predicted octanol–water partition coefficient (Wildman–Crippen LogP) is 3.33. The molecule has 5 heteroatoms. The van der Waals surface area contributed by atoms with Crippen LogP contribution in [0, 0.1) is 5.92 Å². The van der Waals surface area contributed by atoms with Crippen molar-refractivity contribution in [3.63, 3.8) is 0 Å². The number of hydrogen-bond acceptors (Lipinski definition) is 5. The van der Waals surface area contributed by atoms with Crippen molar-refractivity contribution in [3.8, 4) is 11.5 Å². The van der Waals surface area contributed by atoms with E-state index in [9.17, 15) is 19.8 Å². The van der Waals surface area contributed by atoms with Gasteiger partial charge in [-0.15, -0.1) is 0 Å². The summed E-state index contributed by atoms with van der Waals surface area (Å²) in [5.74, 6) is -0.579. The van der Waals surface area contributed by atoms with Crippen LogP contribution in [-0.2, 0) is 14.9 Å². The molecule has 1 aromatic rings. The Hall–Kier alpha value is -2.30. The largest absolute Gasteiger partial charge is 0.508 e. The fourth-order valence-corrected chi connectivity index (χ4v) is 4.87. The van der Waals surface area contributed by atoms with Gasteiger partial charge in [-0.05, 0) is 30.4 Å². The molecule has 1 unspecified atom stereocenters. The highest BCUT2D eigenvalue weighted by molar-refractivity contribution is 6.04. The van der Waals surface area contributed by atoms with Crippen LogP contribution in [0.1, 0.15) is 67.4 Å². The normalized spacial score (nSPS) is 27.9. The molecule has 2 N–H and O–H groups in total. The second kappa shape index (κ2) is 5.10. The quantitative estimate of drug-likeness (QED) is 0.604. The Morgan fingerprint density at radius 3 is 2.68 bits per heavy atom. The summed E-state index contributed by atoms with van der Waals surface area (Å²) in [6.45, 7) is 6.08. The number of hydrogen-bond donors (Lipinski definition) is 2. The molecule has 0 aromatic heterocycles. The standard InChI is InChI=1S/C20H22O5/c1-9(2)11-6-15(22)17-16(18(11)23)14(21)7-13-12-8-25-19(24)10(12)4-5-20(13,17)3/h6,9,13,22-23H,4-5,7-8H2,1-3H3/t13?,20-/m0/s1. The molecule has 0 bridgehead atoms. The Balaban J connectivity index is 1.96. The minimum absolute atomic E-state index is 0.00366. The molecular weight excluding hydrogens is 320 g/mol. The van der Waals surface area contributed by atoms with E-state index < -0.39 is 5.41 Å². The molecule has 2 atom stereocenters. The lowest BCUT2D eigenvalue weighted by Crippen LogP contribution is -2.43. The van der Waals surface area contributed by atoms with Gasteiger partial charge in [0.25, 0.3) is 0 Å². The molecule has 0 saturated heterocycles. The van der Waals surface area contributed by atoms with Crippen LogP contribution in [-0.4, -0.2) is 28.6 Å². The third-order valence-electron chi connectivity index (χ3n) is 6.25. The highest BCUT2D eigenvalue weighted by atomic mass is 16.5. The molecule has 4 rings (SSSR count). The van der Waals surface area contributed by atoms with Crippen LogP contribution in [0.25, 0.3) is 0 Å². The van der Waals surface area contributed by atoms with Gasteiger partial charge >= 0.3 is 5.97 Å². The van der Waals surface area contributed by atoms with Gasteiger partial charge in [0.05, 0.1) is 5.56 Å². The summed E-state index contributed by atoms with van der Waals surface area (Å²) in [5.41, 5.74) is 2.47. The summed E-state index contributed by atoms with van der Waals surface area (Å²) in [5, 5.41) is 21.5. The molecule has 25 heavy (non-hydrogen) atoms. The monoisotopic (exact) mass is 342 g/mol. The van der Waals surface area contributed by atoms with Crippen molar-refractivity contribution >= 4 is 11.8 Å². The van der Waals surface area contributed by atoms with Crippen molar-refractivity contribution in [3.05, 3.63) is 33.9 Å². The second-order valence-corrected chi connectivity index (χ2v) is 7.92. The summed E-state index contributed by atoms with van der Waals surface area (Å²) >= 11 is 0. The van der Waals surface area contributed by atoms with E-state index in [2.05, 4.69) is 0 Å². The number of phenolic OH excluding ortho intramolecular Hbond substituents is 2. The molecule has 132 valence electrons. The number of carbonyl (C=O) groups is 2. The van der Waals surface area contributed by atoms with Crippen LogP contribution in [0.3, 0.4) is 0 Å². The molecule has 0 saturated carbocycles. The number of aromatic hydroxyl groups is 2. The SMILES string of the molecule is CC(C)c1cc(O)c2c(c1O)C(=O)CC1C3=C(CC[C@]21C)C(=O)OC3. The van der Waals surface area contributed by atoms with Gasteiger partial charge in [0.15, 0.2) is 5.78 Å². The van der Waals surface area contributed by atoms with Gasteiger partial charge in [-0.25, -0.2) is 4.79 Å². The number of esters is 1. The number of carbonyl (C=O) groups excluding carboxylic acids is 2. The number of phenols is 2. The second-order valence-electron chi connectivity index (χ2n) is 7.92. The van der Waals surface area contributed by atoms with Gasteiger partial charge in [0, 0.05) is 34.5 Å². The number of benzene rings is 1. The number of rotatable bonds is 1. The Morgan fingerprint density at radius 2 is 2.00 bits per heavy atom. The zero-order valence-corrected chi connectivity index (χ0v) is 14.7. The van der Waals surface area contributed by atoms with E-state index in [-0.39, 0.29) is 53.7 Å². The zero-order valence-electron chi connectivity index (χ0n) is 14.7. The fourth-order valence-electron chi connectivity index (χ4n) is 4.87. The van der Waals surface area contributed by atoms with E-state index in [4.69, 9.17) is 4.74 Å². The van der Waals surface area contributed by atoms with E-state index in [0.717, 1.165) is 5.57 Å². The van der Waals surface area contributed by atoms with Crippen LogP contribution in [0.2, 0.25) is 0 Å². The van der Waals surface area contributed by atoms with Gasteiger partial charge < -0.3 is 14.9 Å². The number of ketones is 1. The average molecular weight is 342 g/mol. The Morgan fingerprint density at radius 1 is 1.28 bits per heavy atom. The summed E-state index contributed by atoms with van der Waals surface area (Å²) in [4.78, 5) is 24.8. The van der Waals surface area contributed by atoms with Gasteiger partial charge in [-0.1, -0.05) is 20.8 Å². The van der Waals surface area contributed by atoms with Crippen molar-refractivity contribution in [2.24, 2.45) is 5.92 Å². The van der Waals surface area contributed by atoms with Crippen LogP contribution in [0.4, 0.5) is 0 Å². The highest BCUT2D eigenvalue weighted by Crippen LogP contribution is 2.57. The first-order chi connectivity index (χ1) is 11.8. The first kappa shape index (κ1) is 16.2. The lowest BCUT2D eigenvalue weighted by atomic mass is 9.56. The van der Waals surface area contributed by atoms with E-state index >= 15 is 0 Å². The van der Waals surface area contributed by atoms with Gasteiger partial charge in [0.2, 0.25) is 0 Å². The van der Waals surface area contributed by atoms with E-state index in [1.54, 1.807) is 6.07 Å². The molecule has 1 heterocycles. The maximum Gasteiger partial charge on any atom is 0.334 e. The van der Waals surface area contributed by atoms with Crippen LogP contribution in [0.15, 0.2) is 17.2 Å². The molecule has 0 fully saturated rings. The maximum atomic E-state index is 12.9. The number of Topliss-reactive ketones (excluding diaryl/α,β-unsaturated/α-hetero) is 1. The molecule has 3 aliphatic rings. The molecule has 0 spiro atoms. The van der Waals surface area contributed by atoms with E-state index in [0.29, 0.717) is 29.5 Å². The maximum absolute atomic E-state index is 12.9. The van der Waals surface area contributed by atoms with Crippen LogP contribution >= 0.6 is 0 Å². The predicted molar refractivity (Wildman–Crippen MR) is 90.9 cm³/mol. The van der Waals surface area contributed by atoms with Gasteiger partial charge in [-0.3, -0.25) is 4.79 Å². The van der Waals surface area contributed by atoms with E-state index in [1.807, 2.05) is 20.8 Å². The Labute approximate surface area is 146 Å². The molecule has 0 radical (unpaired) electrons. The van der Waals surface area contributed by atoms with Gasteiger partial charge in [0.1, 0.15) is 18.1 Å². The zero-order chi connectivity index (χ0) is 18.1. The molecule has 0 amide bonds. The van der Waals surface area contributed by atoms with Crippen molar-refractivity contribution in [2.75, 3.05) is 6.61 Å². The van der Waals surface area contributed by atoms with Gasteiger partial charge in [-0.2, -0.15) is 0 Å². The van der Waals surface area contributed by atoms with Crippen molar-refractivity contribution < 1.29 is 24.5 Å². The summed E-state index contributed by atoms with van der Waals surface area (Å²) in [6.07, 6.45) is 1.44. The molecular formula is C20H22O5. The Bertz CT molecular complexity index is 848. The summed E-state index contributed by atoms with van der Waals surface area (Å²) in [6, 6.07) is 1.58. The Kier molecular flexibility index (Phi) is 3.30. The van der Waals surface area contributed by atoms with Crippen molar-refractivity contribution in [1.82, 2.24) is 0 Å². The van der Waals surface area contributed by atoms with Crippen molar-refractivity contribution in [2.45, 2.75) is 51.4 Å². The summed E-state index contributed by atoms with van der Waals surface area (Å²) < 4.78 is 5.19. The molecule has 5 nitrogen and oxygen atoms in total. The minimum Gasteiger partial charge on any atom is -0.508 e.